The molecule has 1 atom stereocenters. The lowest BCUT2D eigenvalue weighted by Crippen LogP contribution is -2.36. The second-order valence-corrected chi connectivity index (χ2v) is 5.21. The SMILES string of the molecule is C/C=C\C(=O)O[C@H](C)C(=O)Nc1ccc(N2CCOCC2)cc1. The van der Waals surface area contributed by atoms with E-state index in [-0.39, 0.29) is 5.91 Å². The summed E-state index contributed by atoms with van der Waals surface area (Å²) in [5, 5.41) is 2.74. The summed E-state index contributed by atoms with van der Waals surface area (Å²) in [6, 6.07) is 7.58. The zero-order chi connectivity index (χ0) is 16.7. The van der Waals surface area contributed by atoms with Crippen LogP contribution in [0.3, 0.4) is 0 Å². The first-order chi connectivity index (χ1) is 11.1. The number of benzene rings is 1. The van der Waals surface area contributed by atoms with Crippen LogP contribution in [0.4, 0.5) is 11.4 Å². The lowest BCUT2D eigenvalue weighted by Gasteiger charge is -2.28. The molecular weight excluding hydrogens is 296 g/mol. The molecule has 0 saturated carbocycles. The van der Waals surface area contributed by atoms with Crippen molar-refractivity contribution < 1.29 is 19.1 Å². The number of allylic oxidation sites excluding steroid dienone is 1. The van der Waals surface area contributed by atoms with Crippen LogP contribution in [0.2, 0.25) is 0 Å². The van der Waals surface area contributed by atoms with Crippen molar-refractivity contribution in [2.45, 2.75) is 20.0 Å². The number of nitrogens with one attached hydrogen (secondary N) is 1. The largest absolute Gasteiger partial charge is 0.449 e. The van der Waals surface area contributed by atoms with E-state index in [0.717, 1.165) is 32.0 Å². The second kappa shape index (κ2) is 8.33. The number of carbonyl (C=O) groups is 2. The maximum Gasteiger partial charge on any atom is 0.331 e. The highest BCUT2D eigenvalue weighted by atomic mass is 16.5. The van der Waals surface area contributed by atoms with Crippen molar-refractivity contribution >= 4 is 23.3 Å². The average molecular weight is 318 g/mol. The van der Waals surface area contributed by atoms with Gasteiger partial charge in [-0.3, -0.25) is 4.79 Å². The van der Waals surface area contributed by atoms with Gasteiger partial charge in [0.2, 0.25) is 0 Å². The van der Waals surface area contributed by atoms with Gasteiger partial charge >= 0.3 is 5.97 Å². The smallest absolute Gasteiger partial charge is 0.331 e. The van der Waals surface area contributed by atoms with Crippen LogP contribution in [-0.2, 0) is 19.1 Å². The summed E-state index contributed by atoms with van der Waals surface area (Å²) in [4.78, 5) is 25.6. The van der Waals surface area contributed by atoms with Crippen molar-refractivity contribution in [3.63, 3.8) is 0 Å². The zero-order valence-corrected chi connectivity index (χ0v) is 13.5. The van der Waals surface area contributed by atoms with Gasteiger partial charge in [0.05, 0.1) is 13.2 Å². The predicted octanol–water partition coefficient (Wildman–Crippen LogP) is 1.97. The summed E-state index contributed by atoms with van der Waals surface area (Å²) in [5.41, 5.74) is 1.76. The molecule has 6 nitrogen and oxygen atoms in total. The number of anilines is 2. The Hall–Kier alpha value is -2.34. The highest BCUT2D eigenvalue weighted by molar-refractivity contribution is 5.96. The Kier molecular flexibility index (Phi) is 6.17. The number of hydrogen-bond donors (Lipinski definition) is 1. The monoisotopic (exact) mass is 318 g/mol. The fraction of sp³-hybridized carbons (Fsp3) is 0.412. The number of rotatable bonds is 5. The van der Waals surface area contributed by atoms with E-state index in [1.54, 1.807) is 19.9 Å². The average Bonchev–Trinajstić information content (AvgIpc) is 2.56. The van der Waals surface area contributed by atoms with E-state index in [0.29, 0.717) is 5.69 Å². The minimum absolute atomic E-state index is 0.359. The Morgan fingerprint density at radius 2 is 1.91 bits per heavy atom. The number of morpholine rings is 1. The minimum Gasteiger partial charge on any atom is -0.449 e. The van der Waals surface area contributed by atoms with Crippen LogP contribution in [0.1, 0.15) is 13.8 Å². The van der Waals surface area contributed by atoms with E-state index in [1.165, 1.54) is 6.08 Å². The van der Waals surface area contributed by atoms with Crippen LogP contribution in [-0.4, -0.2) is 44.3 Å². The highest BCUT2D eigenvalue weighted by Gasteiger charge is 2.17. The Morgan fingerprint density at radius 1 is 1.26 bits per heavy atom. The van der Waals surface area contributed by atoms with Crippen LogP contribution >= 0.6 is 0 Å². The molecule has 1 saturated heterocycles. The Morgan fingerprint density at radius 3 is 2.52 bits per heavy atom. The molecule has 0 aliphatic carbocycles. The van der Waals surface area contributed by atoms with Crippen molar-refractivity contribution in [1.82, 2.24) is 0 Å². The zero-order valence-electron chi connectivity index (χ0n) is 13.5. The number of nitrogens with zero attached hydrogens (tertiary/aromatic N) is 1. The summed E-state index contributed by atoms with van der Waals surface area (Å²) < 4.78 is 10.3. The third-order valence-corrected chi connectivity index (χ3v) is 3.48. The molecular formula is C17H22N2O4. The van der Waals surface area contributed by atoms with Crippen LogP contribution in [0.15, 0.2) is 36.4 Å². The van der Waals surface area contributed by atoms with Crippen molar-refractivity contribution in [3.8, 4) is 0 Å². The molecule has 1 heterocycles. The summed E-state index contributed by atoms with van der Waals surface area (Å²) in [6.45, 7) is 6.44. The third kappa shape index (κ3) is 5.10. The van der Waals surface area contributed by atoms with Gasteiger partial charge < -0.3 is 19.7 Å². The van der Waals surface area contributed by atoms with Crippen molar-refractivity contribution in [3.05, 3.63) is 36.4 Å². The van der Waals surface area contributed by atoms with Crippen LogP contribution in [0, 0.1) is 0 Å². The molecule has 6 heteroatoms. The van der Waals surface area contributed by atoms with Crippen molar-refractivity contribution in [2.75, 3.05) is 36.5 Å². The molecule has 0 radical (unpaired) electrons. The molecule has 0 aromatic heterocycles. The molecule has 1 N–H and O–H groups in total. The fourth-order valence-corrected chi connectivity index (χ4v) is 2.22. The molecule has 23 heavy (non-hydrogen) atoms. The summed E-state index contributed by atoms with van der Waals surface area (Å²) in [6.07, 6.45) is 2.00. The summed E-state index contributed by atoms with van der Waals surface area (Å²) in [7, 11) is 0. The number of carbonyl (C=O) groups excluding carboxylic acids is 2. The second-order valence-electron chi connectivity index (χ2n) is 5.21. The van der Waals surface area contributed by atoms with Gasteiger partial charge in [0, 0.05) is 30.5 Å². The molecule has 0 bridgehead atoms. The normalized spacial score (nSPS) is 16.2. The van der Waals surface area contributed by atoms with Gasteiger partial charge in [-0.25, -0.2) is 4.79 Å². The molecule has 124 valence electrons. The maximum atomic E-state index is 12.0. The standard InChI is InChI=1S/C17H22N2O4/c1-3-4-16(20)23-13(2)17(21)18-14-5-7-15(8-6-14)19-9-11-22-12-10-19/h3-8,13H,9-12H2,1-2H3,(H,18,21)/b4-3-/t13-/m1/s1. The van der Waals surface area contributed by atoms with Crippen molar-refractivity contribution in [2.24, 2.45) is 0 Å². The number of ether oxygens (including phenoxy) is 2. The van der Waals surface area contributed by atoms with Crippen LogP contribution < -0.4 is 10.2 Å². The van der Waals surface area contributed by atoms with Crippen LogP contribution in [0.5, 0.6) is 0 Å². The molecule has 0 unspecified atom stereocenters. The topological polar surface area (TPSA) is 67.9 Å². The molecule has 1 amide bonds. The highest BCUT2D eigenvalue weighted by Crippen LogP contribution is 2.19. The van der Waals surface area contributed by atoms with Crippen molar-refractivity contribution in [1.29, 1.82) is 0 Å². The van der Waals surface area contributed by atoms with Gasteiger partial charge in [0.1, 0.15) is 0 Å². The Balaban J connectivity index is 1.89. The van der Waals surface area contributed by atoms with Gasteiger partial charge in [0.15, 0.2) is 6.10 Å². The first-order valence-electron chi connectivity index (χ1n) is 7.67. The molecule has 1 aromatic carbocycles. The third-order valence-electron chi connectivity index (χ3n) is 3.48. The Bertz CT molecular complexity index is 562. The quantitative estimate of drug-likeness (QED) is 0.664. The first kappa shape index (κ1) is 17.0. The van der Waals surface area contributed by atoms with E-state index >= 15 is 0 Å². The minimum atomic E-state index is -0.849. The van der Waals surface area contributed by atoms with E-state index < -0.39 is 12.1 Å². The van der Waals surface area contributed by atoms with Gasteiger partial charge in [-0.15, -0.1) is 0 Å². The van der Waals surface area contributed by atoms with Crippen LogP contribution in [0.25, 0.3) is 0 Å². The van der Waals surface area contributed by atoms with E-state index in [4.69, 9.17) is 9.47 Å². The lowest BCUT2D eigenvalue weighted by atomic mass is 10.2. The molecule has 2 rings (SSSR count). The number of amides is 1. The molecule has 1 aromatic rings. The summed E-state index contributed by atoms with van der Waals surface area (Å²) >= 11 is 0. The number of hydrogen-bond acceptors (Lipinski definition) is 5. The van der Waals surface area contributed by atoms with Gasteiger partial charge in [-0.2, -0.15) is 0 Å². The van der Waals surface area contributed by atoms with Gasteiger partial charge in [0.25, 0.3) is 5.91 Å². The predicted molar refractivity (Wildman–Crippen MR) is 88.5 cm³/mol. The van der Waals surface area contributed by atoms with E-state index in [1.807, 2.05) is 24.3 Å². The first-order valence-corrected chi connectivity index (χ1v) is 7.67. The molecule has 0 spiro atoms. The number of esters is 1. The molecule has 1 aliphatic rings. The lowest BCUT2D eigenvalue weighted by molar-refractivity contribution is -0.148. The van der Waals surface area contributed by atoms with Gasteiger partial charge in [-0.1, -0.05) is 6.08 Å². The van der Waals surface area contributed by atoms with E-state index in [9.17, 15) is 9.59 Å². The van der Waals surface area contributed by atoms with Gasteiger partial charge in [-0.05, 0) is 38.1 Å². The maximum absolute atomic E-state index is 12.0. The molecule has 1 fully saturated rings. The van der Waals surface area contributed by atoms with E-state index in [2.05, 4.69) is 10.2 Å². The fourth-order valence-electron chi connectivity index (χ4n) is 2.22. The Labute approximate surface area is 136 Å². The molecule has 1 aliphatic heterocycles. The summed E-state index contributed by atoms with van der Waals surface area (Å²) in [5.74, 6) is -0.889.